The maximum Gasteiger partial charge on any atom is 0.252 e. The number of aromatic nitrogens is 2. The number of rotatable bonds is 8. The number of amides is 2. The first-order chi connectivity index (χ1) is 15.2. The molecule has 0 saturated carbocycles. The van der Waals surface area contributed by atoms with Crippen molar-refractivity contribution >= 4 is 23.6 Å². The second-order valence-electron chi connectivity index (χ2n) is 7.53. The first kappa shape index (κ1) is 21.2. The van der Waals surface area contributed by atoms with Crippen LogP contribution in [0.25, 0.3) is 0 Å². The molecule has 1 saturated heterocycles. The summed E-state index contributed by atoms with van der Waals surface area (Å²) in [6.07, 6.45) is 5.84. The molecule has 31 heavy (non-hydrogen) atoms. The average Bonchev–Trinajstić information content (AvgIpc) is 3.51. The van der Waals surface area contributed by atoms with Crippen molar-refractivity contribution in [3.8, 4) is 0 Å². The van der Waals surface area contributed by atoms with E-state index < -0.39 is 0 Å². The molecule has 0 atom stereocenters. The molecule has 0 bridgehead atoms. The maximum atomic E-state index is 12.9. The zero-order valence-corrected chi connectivity index (χ0v) is 18.2. The summed E-state index contributed by atoms with van der Waals surface area (Å²) in [5.74, 6) is 0.368. The van der Waals surface area contributed by atoms with Crippen LogP contribution in [0.1, 0.15) is 34.3 Å². The summed E-state index contributed by atoms with van der Waals surface area (Å²) in [5.41, 5.74) is 2.78. The molecule has 1 fully saturated rings. The molecule has 2 amide bonds. The van der Waals surface area contributed by atoms with Gasteiger partial charge in [0, 0.05) is 36.9 Å². The van der Waals surface area contributed by atoms with E-state index in [1.165, 1.54) is 11.8 Å². The second-order valence-corrected chi connectivity index (χ2v) is 8.54. The highest BCUT2D eigenvalue weighted by Crippen LogP contribution is 2.24. The number of likely N-dealkylation sites (tertiary alicyclic amines) is 1. The number of hydrogen-bond acceptors (Lipinski definition) is 4. The number of nitrogens with one attached hydrogen (secondary N) is 1. The third-order valence-electron chi connectivity index (χ3n) is 5.39. The molecule has 1 aliphatic heterocycles. The Labute approximate surface area is 186 Å². The van der Waals surface area contributed by atoms with Crippen LogP contribution in [0.3, 0.4) is 0 Å². The van der Waals surface area contributed by atoms with Gasteiger partial charge in [-0.15, -0.1) is 11.8 Å². The largest absolute Gasteiger partial charge is 0.348 e. The SMILES string of the molecule is O=C(NCc1ccccc1Cn1cccn1)c1ccccc1SCC(=O)N1CCCC1. The normalized spacial score (nSPS) is 13.4. The van der Waals surface area contributed by atoms with Crippen LogP contribution in [-0.2, 0) is 17.9 Å². The first-order valence-electron chi connectivity index (χ1n) is 10.5. The third kappa shape index (κ3) is 5.55. The predicted molar refractivity (Wildman–Crippen MR) is 122 cm³/mol. The van der Waals surface area contributed by atoms with Gasteiger partial charge in [-0.3, -0.25) is 14.3 Å². The van der Waals surface area contributed by atoms with Crippen LogP contribution in [0, 0.1) is 0 Å². The highest BCUT2D eigenvalue weighted by molar-refractivity contribution is 8.00. The average molecular weight is 435 g/mol. The molecule has 1 N–H and O–H groups in total. The summed E-state index contributed by atoms with van der Waals surface area (Å²) < 4.78 is 1.87. The van der Waals surface area contributed by atoms with Crippen molar-refractivity contribution in [3.05, 3.63) is 83.7 Å². The Balaban J connectivity index is 1.39. The van der Waals surface area contributed by atoms with Gasteiger partial charge >= 0.3 is 0 Å². The van der Waals surface area contributed by atoms with Crippen LogP contribution in [0.15, 0.2) is 71.9 Å². The topological polar surface area (TPSA) is 67.2 Å². The van der Waals surface area contributed by atoms with Crippen LogP contribution in [0.5, 0.6) is 0 Å². The van der Waals surface area contributed by atoms with Gasteiger partial charge in [-0.05, 0) is 42.2 Å². The van der Waals surface area contributed by atoms with E-state index in [1.54, 1.807) is 6.20 Å². The highest BCUT2D eigenvalue weighted by Gasteiger charge is 2.19. The predicted octanol–water partition coefficient (Wildman–Crippen LogP) is 3.58. The van der Waals surface area contributed by atoms with Crippen LogP contribution in [0.2, 0.25) is 0 Å². The van der Waals surface area contributed by atoms with Crippen molar-refractivity contribution in [2.45, 2.75) is 30.8 Å². The zero-order valence-electron chi connectivity index (χ0n) is 17.4. The van der Waals surface area contributed by atoms with E-state index >= 15 is 0 Å². The molecule has 2 aromatic carbocycles. The van der Waals surface area contributed by atoms with Crippen molar-refractivity contribution in [1.29, 1.82) is 0 Å². The standard InChI is InChI=1S/C24H26N4O2S/c29-23(27-13-5-6-14-27)18-31-22-11-4-3-10-21(22)24(30)25-16-19-8-1-2-9-20(19)17-28-15-7-12-26-28/h1-4,7-12,15H,5-6,13-14,16-18H2,(H,25,30). The molecule has 7 heteroatoms. The van der Waals surface area contributed by atoms with Crippen molar-refractivity contribution in [2.75, 3.05) is 18.8 Å². The van der Waals surface area contributed by atoms with Crippen LogP contribution < -0.4 is 5.32 Å². The number of hydrogen-bond donors (Lipinski definition) is 1. The number of benzene rings is 2. The van der Waals surface area contributed by atoms with Crippen molar-refractivity contribution in [1.82, 2.24) is 20.0 Å². The lowest BCUT2D eigenvalue weighted by molar-refractivity contribution is -0.127. The fourth-order valence-corrected chi connectivity index (χ4v) is 4.65. The molecular formula is C24H26N4O2S. The van der Waals surface area contributed by atoms with Crippen molar-refractivity contribution in [2.24, 2.45) is 0 Å². The Morgan fingerprint density at radius 3 is 2.48 bits per heavy atom. The van der Waals surface area contributed by atoms with Gasteiger partial charge in [0.2, 0.25) is 5.91 Å². The van der Waals surface area contributed by atoms with E-state index in [2.05, 4.69) is 16.5 Å². The molecule has 4 rings (SSSR count). The van der Waals surface area contributed by atoms with Crippen LogP contribution in [-0.4, -0.2) is 45.3 Å². The smallest absolute Gasteiger partial charge is 0.252 e. The van der Waals surface area contributed by atoms with Gasteiger partial charge in [0.15, 0.2) is 0 Å². The van der Waals surface area contributed by atoms with Gasteiger partial charge in [-0.1, -0.05) is 36.4 Å². The Hall–Kier alpha value is -3.06. The molecule has 6 nitrogen and oxygen atoms in total. The lowest BCUT2D eigenvalue weighted by Gasteiger charge is -2.16. The molecule has 160 valence electrons. The van der Waals surface area contributed by atoms with Crippen LogP contribution >= 0.6 is 11.8 Å². The minimum Gasteiger partial charge on any atom is -0.348 e. The van der Waals surface area contributed by atoms with E-state index in [0.29, 0.717) is 24.4 Å². The quantitative estimate of drug-likeness (QED) is 0.551. The molecule has 1 aromatic heterocycles. The number of thioether (sulfide) groups is 1. The summed E-state index contributed by atoms with van der Waals surface area (Å²) in [6, 6.07) is 17.4. The molecule has 0 radical (unpaired) electrons. The lowest BCUT2D eigenvalue weighted by atomic mass is 10.1. The number of carbonyl (C=O) groups excluding carboxylic acids is 2. The van der Waals surface area contributed by atoms with E-state index in [-0.39, 0.29) is 11.8 Å². The second kappa shape index (κ2) is 10.3. The van der Waals surface area contributed by atoms with Gasteiger partial charge in [-0.2, -0.15) is 5.10 Å². The van der Waals surface area contributed by atoms with E-state index in [4.69, 9.17) is 0 Å². The van der Waals surface area contributed by atoms with Gasteiger partial charge in [0.25, 0.3) is 5.91 Å². The van der Waals surface area contributed by atoms with E-state index in [1.807, 2.05) is 64.3 Å². The Bertz CT molecular complexity index is 1030. The minimum atomic E-state index is -0.134. The monoisotopic (exact) mass is 434 g/mol. The van der Waals surface area contributed by atoms with Gasteiger partial charge in [0.1, 0.15) is 0 Å². The molecular weight excluding hydrogens is 408 g/mol. The van der Waals surface area contributed by atoms with Gasteiger partial charge in [0.05, 0.1) is 17.9 Å². The van der Waals surface area contributed by atoms with Gasteiger partial charge < -0.3 is 10.2 Å². The van der Waals surface area contributed by atoms with Crippen LogP contribution in [0.4, 0.5) is 0 Å². The fraction of sp³-hybridized carbons (Fsp3) is 0.292. The molecule has 0 unspecified atom stereocenters. The number of carbonyl (C=O) groups is 2. The third-order valence-corrected chi connectivity index (χ3v) is 6.45. The summed E-state index contributed by atoms with van der Waals surface area (Å²) in [6.45, 7) is 2.78. The molecule has 0 aliphatic carbocycles. The van der Waals surface area contributed by atoms with Crippen molar-refractivity contribution in [3.63, 3.8) is 0 Å². The lowest BCUT2D eigenvalue weighted by Crippen LogP contribution is -2.29. The Morgan fingerprint density at radius 2 is 1.71 bits per heavy atom. The number of nitrogens with zero attached hydrogens (tertiary/aromatic N) is 3. The Kier molecular flexibility index (Phi) is 7.04. The Morgan fingerprint density at radius 1 is 0.968 bits per heavy atom. The first-order valence-corrected chi connectivity index (χ1v) is 11.5. The van der Waals surface area contributed by atoms with Crippen molar-refractivity contribution < 1.29 is 9.59 Å². The van der Waals surface area contributed by atoms with Gasteiger partial charge in [-0.25, -0.2) is 0 Å². The van der Waals surface area contributed by atoms with E-state index in [0.717, 1.165) is 42.0 Å². The minimum absolute atomic E-state index is 0.134. The summed E-state index contributed by atoms with van der Waals surface area (Å²) in [7, 11) is 0. The molecule has 0 spiro atoms. The molecule has 3 aromatic rings. The molecule has 1 aliphatic rings. The zero-order chi connectivity index (χ0) is 21.5. The highest BCUT2D eigenvalue weighted by atomic mass is 32.2. The summed E-state index contributed by atoms with van der Waals surface area (Å²) >= 11 is 1.43. The van der Waals surface area contributed by atoms with E-state index in [9.17, 15) is 9.59 Å². The molecule has 2 heterocycles. The summed E-state index contributed by atoms with van der Waals surface area (Å²) in [5, 5.41) is 7.31. The summed E-state index contributed by atoms with van der Waals surface area (Å²) in [4.78, 5) is 28.0. The maximum absolute atomic E-state index is 12.9. The fourth-order valence-electron chi connectivity index (χ4n) is 3.70.